The summed E-state index contributed by atoms with van der Waals surface area (Å²) >= 11 is 0. The topological polar surface area (TPSA) is 44.8 Å². The van der Waals surface area contributed by atoms with Crippen LogP contribution < -0.4 is 0 Å². The number of carbonyl (C=O) groups excluding carboxylic acids is 1. The van der Waals surface area contributed by atoms with Gasteiger partial charge < -0.3 is 14.2 Å². The van der Waals surface area contributed by atoms with Gasteiger partial charge in [-0.05, 0) is 19.3 Å². The first-order chi connectivity index (χ1) is 6.83. The molecule has 0 bridgehead atoms. The molecule has 1 aliphatic heterocycles. The lowest BCUT2D eigenvalue weighted by atomic mass is 10.2. The zero-order chi connectivity index (χ0) is 10.2. The van der Waals surface area contributed by atoms with E-state index in [0.717, 1.165) is 32.3 Å². The van der Waals surface area contributed by atoms with E-state index in [2.05, 4.69) is 0 Å². The molecular weight excluding hydrogens is 184 g/mol. The Morgan fingerprint density at radius 1 is 1.50 bits per heavy atom. The maximum absolute atomic E-state index is 11.0. The number of unbranched alkanes of at least 4 members (excludes halogenated alkanes) is 1. The molecule has 1 saturated heterocycles. The Labute approximate surface area is 84.5 Å². The van der Waals surface area contributed by atoms with Gasteiger partial charge in [0.25, 0.3) is 0 Å². The first-order valence-corrected chi connectivity index (χ1v) is 5.24. The van der Waals surface area contributed by atoms with Crippen LogP contribution in [0.2, 0.25) is 0 Å². The van der Waals surface area contributed by atoms with Crippen molar-refractivity contribution in [1.29, 1.82) is 0 Å². The van der Waals surface area contributed by atoms with Crippen LogP contribution >= 0.6 is 0 Å². The third-order valence-electron chi connectivity index (χ3n) is 2.13. The molecule has 0 saturated carbocycles. The first-order valence-electron chi connectivity index (χ1n) is 5.24. The average molecular weight is 202 g/mol. The highest BCUT2D eigenvalue weighted by atomic mass is 16.7. The van der Waals surface area contributed by atoms with E-state index in [-0.39, 0.29) is 6.10 Å². The second kappa shape index (κ2) is 6.65. The number of ether oxygens (including phenoxy) is 3. The SMILES string of the molecule is CCCCOC(=O)OCC1CCCO1. The summed E-state index contributed by atoms with van der Waals surface area (Å²) < 4.78 is 15.0. The van der Waals surface area contributed by atoms with Gasteiger partial charge in [-0.25, -0.2) is 4.79 Å². The molecule has 0 aromatic carbocycles. The van der Waals surface area contributed by atoms with Crippen LogP contribution in [0.15, 0.2) is 0 Å². The van der Waals surface area contributed by atoms with Crippen LogP contribution in [0.25, 0.3) is 0 Å². The summed E-state index contributed by atoms with van der Waals surface area (Å²) in [4.78, 5) is 11.0. The second-order valence-corrected chi connectivity index (χ2v) is 3.40. The van der Waals surface area contributed by atoms with Crippen molar-refractivity contribution in [2.24, 2.45) is 0 Å². The predicted octanol–water partition coefficient (Wildman–Crippen LogP) is 2.12. The van der Waals surface area contributed by atoms with E-state index < -0.39 is 6.16 Å². The Balaban J connectivity index is 1.96. The summed E-state index contributed by atoms with van der Waals surface area (Å²) in [6, 6.07) is 0. The monoisotopic (exact) mass is 202 g/mol. The smallest absolute Gasteiger partial charge is 0.434 e. The third-order valence-corrected chi connectivity index (χ3v) is 2.13. The van der Waals surface area contributed by atoms with E-state index in [1.807, 2.05) is 6.92 Å². The molecule has 14 heavy (non-hydrogen) atoms. The van der Waals surface area contributed by atoms with Gasteiger partial charge in [0.1, 0.15) is 6.61 Å². The van der Waals surface area contributed by atoms with Gasteiger partial charge in [0.05, 0.1) is 12.7 Å². The normalized spacial score (nSPS) is 20.8. The summed E-state index contributed by atoms with van der Waals surface area (Å²) in [6.45, 7) is 3.59. The molecule has 4 nitrogen and oxygen atoms in total. The van der Waals surface area contributed by atoms with Crippen molar-refractivity contribution < 1.29 is 19.0 Å². The largest absolute Gasteiger partial charge is 0.508 e. The quantitative estimate of drug-likeness (QED) is 0.506. The standard InChI is InChI=1S/C10H18O4/c1-2-3-6-13-10(11)14-8-9-5-4-7-12-9/h9H,2-8H2,1H3. The number of carbonyl (C=O) groups is 1. The summed E-state index contributed by atoms with van der Waals surface area (Å²) in [5.41, 5.74) is 0. The molecule has 82 valence electrons. The van der Waals surface area contributed by atoms with E-state index in [4.69, 9.17) is 14.2 Å². The van der Waals surface area contributed by atoms with Crippen LogP contribution in [0.3, 0.4) is 0 Å². The lowest BCUT2D eigenvalue weighted by Crippen LogP contribution is -2.18. The molecule has 0 aromatic rings. The molecule has 4 heteroatoms. The number of rotatable bonds is 5. The zero-order valence-corrected chi connectivity index (χ0v) is 8.66. The minimum absolute atomic E-state index is 0.0775. The van der Waals surface area contributed by atoms with Crippen molar-refractivity contribution in [2.75, 3.05) is 19.8 Å². The van der Waals surface area contributed by atoms with Crippen molar-refractivity contribution >= 4 is 6.16 Å². The highest BCUT2D eigenvalue weighted by Crippen LogP contribution is 2.12. The fraction of sp³-hybridized carbons (Fsp3) is 0.900. The molecular formula is C10H18O4. The Morgan fingerprint density at radius 2 is 2.36 bits per heavy atom. The van der Waals surface area contributed by atoms with Gasteiger partial charge in [-0.1, -0.05) is 13.3 Å². The van der Waals surface area contributed by atoms with Crippen molar-refractivity contribution in [1.82, 2.24) is 0 Å². The number of hydrogen-bond acceptors (Lipinski definition) is 4. The van der Waals surface area contributed by atoms with E-state index in [0.29, 0.717) is 13.2 Å². The highest BCUT2D eigenvalue weighted by molar-refractivity contribution is 5.59. The van der Waals surface area contributed by atoms with Gasteiger partial charge in [-0.2, -0.15) is 0 Å². The van der Waals surface area contributed by atoms with Crippen LogP contribution in [0.1, 0.15) is 32.6 Å². The highest BCUT2D eigenvalue weighted by Gasteiger charge is 2.17. The summed E-state index contributed by atoms with van der Waals surface area (Å²) in [6.07, 6.45) is 3.43. The molecule has 0 radical (unpaired) electrons. The average Bonchev–Trinajstić information content (AvgIpc) is 2.68. The molecule has 1 unspecified atom stereocenters. The lowest BCUT2D eigenvalue weighted by molar-refractivity contribution is 0.00781. The number of hydrogen-bond donors (Lipinski definition) is 0. The fourth-order valence-corrected chi connectivity index (χ4v) is 1.28. The molecule has 0 spiro atoms. The Morgan fingerprint density at radius 3 is 3.00 bits per heavy atom. The molecule has 1 atom stereocenters. The van der Waals surface area contributed by atoms with Crippen LogP contribution in [0, 0.1) is 0 Å². The van der Waals surface area contributed by atoms with Gasteiger partial charge in [-0.3, -0.25) is 0 Å². The molecule has 0 N–H and O–H groups in total. The summed E-state index contributed by atoms with van der Waals surface area (Å²) in [5, 5.41) is 0. The summed E-state index contributed by atoms with van der Waals surface area (Å²) in [7, 11) is 0. The molecule has 1 aliphatic rings. The summed E-state index contributed by atoms with van der Waals surface area (Å²) in [5.74, 6) is 0. The zero-order valence-electron chi connectivity index (χ0n) is 8.66. The van der Waals surface area contributed by atoms with Gasteiger partial charge in [-0.15, -0.1) is 0 Å². The molecule has 1 heterocycles. The van der Waals surface area contributed by atoms with E-state index in [1.165, 1.54) is 0 Å². The Hall–Kier alpha value is -0.770. The maximum Gasteiger partial charge on any atom is 0.508 e. The van der Waals surface area contributed by atoms with Crippen molar-refractivity contribution in [3.05, 3.63) is 0 Å². The van der Waals surface area contributed by atoms with Crippen LogP contribution in [-0.4, -0.2) is 32.1 Å². The molecule has 1 fully saturated rings. The van der Waals surface area contributed by atoms with Gasteiger partial charge >= 0.3 is 6.16 Å². The van der Waals surface area contributed by atoms with Crippen molar-refractivity contribution in [3.63, 3.8) is 0 Å². The first kappa shape index (κ1) is 11.3. The van der Waals surface area contributed by atoms with Gasteiger partial charge in [0, 0.05) is 6.61 Å². The maximum atomic E-state index is 11.0. The molecule has 0 amide bonds. The fourth-order valence-electron chi connectivity index (χ4n) is 1.28. The second-order valence-electron chi connectivity index (χ2n) is 3.40. The molecule has 1 rings (SSSR count). The predicted molar refractivity (Wildman–Crippen MR) is 51.2 cm³/mol. The van der Waals surface area contributed by atoms with Gasteiger partial charge in [0.15, 0.2) is 0 Å². The van der Waals surface area contributed by atoms with Crippen molar-refractivity contribution in [2.45, 2.75) is 38.7 Å². The van der Waals surface area contributed by atoms with E-state index >= 15 is 0 Å². The van der Waals surface area contributed by atoms with E-state index in [9.17, 15) is 4.79 Å². The minimum atomic E-state index is -0.575. The van der Waals surface area contributed by atoms with Gasteiger partial charge in [0.2, 0.25) is 0 Å². The van der Waals surface area contributed by atoms with Crippen LogP contribution in [0.4, 0.5) is 4.79 Å². The van der Waals surface area contributed by atoms with Crippen LogP contribution in [-0.2, 0) is 14.2 Å². The minimum Gasteiger partial charge on any atom is -0.434 e. The van der Waals surface area contributed by atoms with E-state index in [1.54, 1.807) is 0 Å². The molecule has 0 aliphatic carbocycles. The van der Waals surface area contributed by atoms with Crippen LogP contribution in [0.5, 0.6) is 0 Å². The Kier molecular flexibility index (Phi) is 5.37. The third kappa shape index (κ3) is 4.46. The lowest BCUT2D eigenvalue weighted by Gasteiger charge is -2.09. The Bertz CT molecular complexity index is 164. The molecule has 0 aromatic heterocycles. The van der Waals surface area contributed by atoms with Crippen molar-refractivity contribution in [3.8, 4) is 0 Å².